The van der Waals surface area contributed by atoms with E-state index in [4.69, 9.17) is 9.47 Å². The Balaban J connectivity index is 2.11. The van der Waals surface area contributed by atoms with E-state index in [0.717, 1.165) is 16.9 Å². The van der Waals surface area contributed by atoms with Gasteiger partial charge in [-0.05, 0) is 11.5 Å². The zero-order valence-electron chi connectivity index (χ0n) is 10.4. The lowest BCUT2D eigenvalue weighted by Gasteiger charge is -2.24. The molecule has 0 amide bonds. The molecule has 0 bridgehead atoms. The van der Waals surface area contributed by atoms with Gasteiger partial charge in [-0.3, -0.25) is 0 Å². The summed E-state index contributed by atoms with van der Waals surface area (Å²) in [6.45, 7) is 6.35. The normalized spacial score (nSPS) is 18.6. The standard InChI is InChI=1S/C15H16O2/c1-15(2,3)14-16-12-9-8-10-6-4-5-7-11(10)13(12)17-14/h4-9,14H,1-3H3. The van der Waals surface area contributed by atoms with Crippen LogP contribution in [0.4, 0.5) is 0 Å². The molecule has 0 radical (unpaired) electrons. The average molecular weight is 228 g/mol. The first-order valence-electron chi connectivity index (χ1n) is 5.91. The second-order valence-corrected chi connectivity index (χ2v) is 5.55. The maximum atomic E-state index is 5.96. The van der Waals surface area contributed by atoms with Gasteiger partial charge < -0.3 is 9.47 Å². The van der Waals surface area contributed by atoms with Crippen LogP contribution in [0.3, 0.4) is 0 Å². The molecular weight excluding hydrogens is 212 g/mol. The van der Waals surface area contributed by atoms with E-state index in [0.29, 0.717) is 0 Å². The van der Waals surface area contributed by atoms with E-state index in [9.17, 15) is 0 Å². The molecule has 2 nitrogen and oxygen atoms in total. The Bertz CT molecular complexity index is 567. The summed E-state index contributed by atoms with van der Waals surface area (Å²) in [7, 11) is 0. The third-order valence-corrected chi connectivity index (χ3v) is 3.01. The Morgan fingerprint density at radius 2 is 1.71 bits per heavy atom. The molecule has 1 aliphatic heterocycles. The predicted octanol–water partition coefficient (Wildman–Crippen LogP) is 3.98. The summed E-state index contributed by atoms with van der Waals surface area (Å²) < 4.78 is 11.8. The van der Waals surface area contributed by atoms with Gasteiger partial charge in [0, 0.05) is 10.8 Å². The van der Waals surface area contributed by atoms with E-state index < -0.39 is 0 Å². The van der Waals surface area contributed by atoms with Crippen molar-refractivity contribution in [2.24, 2.45) is 5.41 Å². The van der Waals surface area contributed by atoms with Crippen LogP contribution in [0.15, 0.2) is 36.4 Å². The quantitative estimate of drug-likeness (QED) is 0.679. The minimum absolute atomic E-state index is 0.0277. The zero-order chi connectivity index (χ0) is 12.0. The van der Waals surface area contributed by atoms with E-state index in [1.165, 1.54) is 5.39 Å². The predicted molar refractivity (Wildman–Crippen MR) is 68.4 cm³/mol. The van der Waals surface area contributed by atoms with Gasteiger partial charge in [-0.25, -0.2) is 0 Å². The van der Waals surface area contributed by atoms with Crippen molar-refractivity contribution in [2.45, 2.75) is 27.1 Å². The summed E-state index contributed by atoms with van der Waals surface area (Å²) in [5.41, 5.74) is -0.0277. The van der Waals surface area contributed by atoms with E-state index in [2.05, 4.69) is 39.0 Å². The molecule has 0 spiro atoms. The lowest BCUT2D eigenvalue weighted by atomic mass is 9.96. The fourth-order valence-electron chi connectivity index (χ4n) is 2.04. The molecule has 0 saturated carbocycles. The van der Waals surface area contributed by atoms with Crippen molar-refractivity contribution < 1.29 is 9.47 Å². The largest absolute Gasteiger partial charge is 0.450 e. The molecule has 0 aromatic heterocycles. The van der Waals surface area contributed by atoms with Crippen molar-refractivity contribution in [1.29, 1.82) is 0 Å². The monoisotopic (exact) mass is 228 g/mol. The van der Waals surface area contributed by atoms with E-state index in [1.54, 1.807) is 0 Å². The minimum atomic E-state index is -0.205. The van der Waals surface area contributed by atoms with Gasteiger partial charge in [0.15, 0.2) is 11.5 Å². The molecule has 2 aromatic carbocycles. The average Bonchev–Trinajstić information content (AvgIpc) is 2.72. The van der Waals surface area contributed by atoms with E-state index in [1.807, 2.05) is 18.2 Å². The van der Waals surface area contributed by atoms with Crippen LogP contribution < -0.4 is 9.47 Å². The summed E-state index contributed by atoms with van der Waals surface area (Å²) in [6, 6.07) is 12.3. The Hall–Kier alpha value is -1.70. The summed E-state index contributed by atoms with van der Waals surface area (Å²) in [5, 5.41) is 2.31. The molecule has 1 aliphatic rings. The highest BCUT2D eigenvalue weighted by molar-refractivity contribution is 5.91. The maximum Gasteiger partial charge on any atom is 0.246 e. The van der Waals surface area contributed by atoms with Crippen molar-refractivity contribution in [1.82, 2.24) is 0 Å². The Morgan fingerprint density at radius 3 is 2.47 bits per heavy atom. The highest BCUT2D eigenvalue weighted by Crippen LogP contribution is 2.44. The number of hydrogen-bond donors (Lipinski definition) is 0. The van der Waals surface area contributed by atoms with E-state index >= 15 is 0 Å². The van der Waals surface area contributed by atoms with Crippen LogP contribution in [-0.4, -0.2) is 6.29 Å². The summed E-state index contributed by atoms with van der Waals surface area (Å²) >= 11 is 0. The summed E-state index contributed by atoms with van der Waals surface area (Å²) in [4.78, 5) is 0. The van der Waals surface area contributed by atoms with Gasteiger partial charge in [-0.2, -0.15) is 0 Å². The molecule has 0 aliphatic carbocycles. The van der Waals surface area contributed by atoms with Crippen LogP contribution in [0, 0.1) is 5.41 Å². The highest BCUT2D eigenvalue weighted by Gasteiger charge is 2.35. The highest BCUT2D eigenvalue weighted by atomic mass is 16.7. The molecular formula is C15H16O2. The summed E-state index contributed by atoms with van der Waals surface area (Å²) in [5.74, 6) is 1.73. The molecule has 2 heteroatoms. The van der Waals surface area contributed by atoms with Crippen LogP contribution in [-0.2, 0) is 0 Å². The molecule has 88 valence electrons. The van der Waals surface area contributed by atoms with Gasteiger partial charge in [0.25, 0.3) is 0 Å². The fourth-order valence-corrected chi connectivity index (χ4v) is 2.04. The van der Waals surface area contributed by atoms with Crippen LogP contribution in [0.5, 0.6) is 11.5 Å². The van der Waals surface area contributed by atoms with Crippen molar-refractivity contribution in [3.05, 3.63) is 36.4 Å². The zero-order valence-corrected chi connectivity index (χ0v) is 10.4. The minimum Gasteiger partial charge on any atom is -0.450 e. The molecule has 1 unspecified atom stereocenters. The van der Waals surface area contributed by atoms with Crippen molar-refractivity contribution in [3.8, 4) is 11.5 Å². The van der Waals surface area contributed by atoms with Gasteiger partial charge in [-0.15, -0.1) is 0 Å². The smallest absolute Gasteiger partial charge is 0.246 e. The van der Waals surface area contributed by atoms with Crippen molar-refractivity contribution in [3.63, 3.8) is 0 Å². The Morgan fingerprint density at radius 1 is 0.941 bits per heavy atom. The van der Waals surface area contributed by atoms with Gasteiger partial charge in [0.2, 0.25) is 6.29 Å². The number of benzene rings is 2. The molecule has 1 heterocycles. The number of hydrogen-bond acceptors (Lipinski definition) is 2. The second kappa shape index (κ2) is 3.39. The van der Waals surface area contributed by atoms with Gasteiger partial charge in [-0.1, -0.05) is 51.1 Å². The van der Waals surface area contributed by atoms with Crippen LogP contribution >= 0.6 is 0 Å². The third kappa shape index (κ3) is 1.64. The lowest BCUT2D eigenvalue weighted by Crippen LogP contribution is -2.33. The lowest BCUT2D eigenvalue weighted by molar-refractivity contribution is -0.0391. The molecule has 0 N–H and O–H groups in total. The molecule has 17 heavy (non-hydrogen) atoms. The second-order valence-electron chi connectivity index (χ2n) is 5.55. The molecule has 0 fully saturated rings. The first-order valence-corrected chi connectivity index (χ1v) is 5.91. The van der Waals surface area contributed by atoms with Gasteiger partial charge in [0.05, 0.1) is 0 Å². The first-order chi connectivity index (χ1) is 8.05. The fraction of sp³-hybridized carbons (Fsp3) is 0.333. The molecule has 3 rings (SSSR count). The van der Waals surface area contributed by atoms with Crippen molar-refractivity contribution in [2.75, 3.05) is 0 Å². The Kier molecular flexibility index (Phi) is 2.09. The topological polar surface area (TPSA) is 18.5 Å². The number of fused-ring (bicyclic) bond motifs is 3. The third-order valence-electron chi connectivity index (χ3n) is 3.01. The molecule has 0 saturated heterocycles. The maximum absolute atomic E-state index is 5.96. The van der Waals surface area contributed by atoms with Crippen molar-refractivity contribution >= 4 is 10.8 Å². The van der Waals surface area contributed by atoms with Gasteiger partial charge in [0.1, 0.15) is 0 Å². The summed E-state index contributed by atoms with van der Waals surface area (Å²) in [6.07, 6.45) is -0.205. The number of ether oxygens (including phenoxy) is 2. The molecule has 2 aromatic rings. The SMILES string of the molecule is CC(C)(C)C1Oc2ccc3ccccc3c2O1. The van der Waals surface area contributed by atoms with Gasteiger partial charge >= 0.3 is 0 Å². The first kappa shape index (κ1) is 10.5. The van der Waals surface area contributed by atoms with Crippen LogP contribution in [0.25, 0.3) is 10.8 Å². The molecule has 1 atom stereocenters. The Labute approximate surface area is 101 Å². The number of rotatable bonds is 0. The van der Waals surface area contributed by atoms with Crippen LogP contribution in [0.1, 0.15) is 20.8 Å². The van der Waals surface area contributed by atoms with E-state index in [-0.39, 0.29) is 11.7 Å². The van der Waals surface area contributed by atoms with Crippen LogP contribution in [0.2, 0.25) is 0 Å².